The summed E-state index contributed by atoms with van der Waals surface area (Å²) in [5.41, 5.74) is 0.278. The van der Waals surface area contributed by atoms with Crippen LogP contribution in [0.5, 0.6) is 0 Å². The molecule has 1 amide bonds. The monoisotopic (exact) mass is 291 g/mol. The number of hydrogen-bond donors (Lipinski definition) is 1. The SMILES string of the molecule is CC(C)CC(=O)NCCc1nnc(-c2ccccc2F)o1. The van der Waals surface area contributed by atoms with Crippen molar-refractivity contribution in [1.29, 1.82) is 0 Å². The standard InChI is InChI=1S/C15H18FN3O2/c1-10(2)9-13(20)17-8-7-14-18-19-15(21-14)11-5-3-4-6-12(11)16/h3-6,10H,7-9H2,1-2H3,(H,17,20). The van der Waals surface area contributed by atoms with E-state index in [0.717, 1.165) is 0 Å². The average molecular weight is 291 g/mol. The van der Waals surface area contributed by atoms with Crippen molar-refractivity contribution in [3.8, 4) is 11.5 Å². The molecule has 0 bridgehead atoms. The Morgan fingerprint density at radius 3 is 2.81 bits per heavy atom. The van der Waals surface area contributed by atoms with Crippen molar-refractivity contribution >= 4 is 5.91 Å². The van der Waals surface area contributed by atoms with Gasteiger partial charge in [0.25, 0.3) is 5.89 Å². The molecule has 2 rings (SSSR count). The molecule has 0 aliphatic heterocycles. The molecule has 0 spiro atoms. The summed E-state index contributed by atoms with van der Waals surface area (Å²) in [5, 5.41) is 10.5. The summed E-state index contributed by atoms with van der Waals surface area (Å²) in [6, 6.07) is 6.22. The Kier molecular flexibility index (Phi) is 5.03. The van der Waals surface area contributed by atoms with Crippen LogP contribution in [0, 0.1) is 11.7 Å². The molecule has 2 aromatic rings. The van der Waals surface area contributed by atoms with Crippen LogP contribution in [0.4, 0.5) is 4.39 Å². The molecule has 0 unspecified atom stereocenters. The van der Waals surface area contributed by atoms with Crippen LogP contribution in [-0.4, -0.2) is 22.6 Å². The van der Waals surface area contributed by atoms with Crippen molar-refractivity contribution in [3.05, 3.63) is 36.0 Å². The first-order valence-electron chi connectivity index (χ1n) is 6.90. The Labute approximate surface area is 122 Å². The molecule has 0 fully saturated rings. The molecule has 0 aliphatic rings. The minimum atomic E-state index is -0.405. The normalized spacial score (nSPS) is 10.9. The van der Waals surface area contributed by atoms with Crippen molar-refractivity contribution in [2.45, 2.75) is 26.7 Å². The number of hydrogen-bond acceptors (Lipinski definition) is 4. The number of nitrogens with zero attached hydrogens (tertiary/aromatic N) is 2. The van der Waals surface area contributed by atoms with Gasteiger partial charge in [-0.15, -0.1) is 10.2 Å². The third-order valence-corrected chi connectivity index (χ3v) is 2.83. The zero-order chi connectivity index (χ0) is 15.2. The van der Waals surface area contributed by atoms with Gasteiger partial charge in [-0.25, -0.2) is 4.39 Å². The van der Waals surface area contributed by atoms with E-state index in [1.54, 1.807) is 18.2 Å². The van der Waals surface area contributed by atoms with Crippen molar-refractivity contribution in [2.24, 2.45) is 5.92 Å². The first-order chi connectivity index (χ1) is 10.1. The van der Waals surface area contributed by atoms with E-state index in [0.29, 0.717) is 31.2 Å². The number of benzene rings is 1. The van der Waals surface area contributed by atoms with Crippen LogP contribution in [0.25, 0.3) is 11.5 Å². The van der Waals surface area contributed by atoms with E-state index in [4.69, 9.17) is 4.42 Å². The summed E-state index contributed by atoms with van der Waals surface area (Å²) < 4.78 is 19.0. The highest BCUT2D eigenvalue weighted by Gasteiger charge is 2.12. The summed E-state index contributed by atoms with van der Waals surface area (Å²) in [5.74, 6) is 0.438. The molecule has 0 saturated heterocycles. The van der Waals surface area contributed by atoms with E-state index in [9.17, 15) is 9.18 Å². The molecule has 5 nitrogen and oxygen atoms in total. The topological polar surface area (TPSA) is 68.0 Å². The van der Waals surface area contributed by atoms with E-state index in [-0.39, 0.29) is 17.4 Å². The van der Waals surface area contributed by atoms with Gasteiger partial charge < -0.3 is 9.73 Å². The first kappa shape index (κ1) is 15.2. The van der Waals surface area contributed by atoms with Gasteiger partial charge in [-0.1, -0.05) is 26.0 Å². The molecule has 21 heavy (non-hydrogen) atoms. The fourth-order valence-electron chi connectivity index (χ4n) is 1.85. The van der Waals surface area contributed by atoms with Gasteiger partial charge in [-0.2, -0.15) is 0 Å². The van der Waals surface area contributed by atoms with Gasteiger partial charge in [0.2, 0.25) is 11.8 Å². The second-order valence-corrected chi connectivity index (χ2v) is 5.18. The number of carbonyl (C=O) groups is 1. The van der Waals surface area contributed by atoms with Crippen LogP contribution in [0.3, 0.4) is 0 Å². The summed E-state index contributed by atoms with van der Waals surface area (Å²) >= 11 is 0. The van der Waals surface area contributed by atoms with E-state index in [1.165, 1.54) is 6.07 Å². The molecule has 1 heterocycles. The maximum absolute atomic E-state index is 13.6. The Hall–Kier alpha value is -2.24. The lowest BCUT2D eigenvalue weighted by Crippen LogP contribution is -2.26. The largest absolute Gasteiger partial charge is 0.421 e. The van der Waals surface area contributed by atoms with Crippen molar-refractivity contribution in [2.75, 3.05) is 6.54 Å². The Balaban J connectivity index is 1.89. The van der Waals surface area contributed by atoms with Crippen LogP contribution < -0.4 is 5.32 Å². The lowest BCUT2D eigenvalue weighted by Gasteiger charge is -2.05. The number of nitrogens with one attached hydrogen (secondary N) is 1. The molecule has 0 aliphatic carbocycles. The van der Waals surface area contributed by atoms with Crippen LogP contribution in [-0.2, 0) is 11.2 Å². The zero-order valence-electron chi connectivity index (χ0n) is 12.1. The minimum Gasteiger partial charge on any atom is -0.421 e. The van der Waals surface area contributed by atoms with Gasteiger partial charge in [0.05, 0.1) is 5.56 Å². The maximum Gasteiger partial charge on any atom is 0.250 e. The van der Waals surface area contributed by atoms with Gasteiger partial charge in [0, 0.05) is 19.4 Å². The minimum absolute atomic E-state index is 0.00107. The van der Waals surface area contributed by atoms with Crippen molar-refractivity contribution in [3.63, 3.8) is 0 Å². The van der Waals surface area contributed by atoms with E-state index in [2.05, 4.69) is 15.5 Å². The number of rotatable bonds is 6. The second kappa shape index (κ2) is 6.97. The Morgan fingerprint density at radius 1 is 1.33 bits per heavy atom. The van der Waals surface area contributed by atoms with Crippen molar-refractivity contribution in [1.82, 2.24) is 15.5 Å². The summed E-state index contributed by atoms with van der Waals surface area (Å²) in [6.07, 6.45) is 0.912. The van der Waals surface area contributed by atoms with Gasteiger partial charge in [-0.05, 0) is 18.1 Å². The van der Waals surface area contributed by atoms with E-state index < -0.39 is 5.82 Å². The lowest BCUT2D eigenvalue weighted by atomic mass is 10.1. The fourth-order valence-corrected chi connectivity index (χ4v) is 1.85. The quantitative estimate of drug-likeness (QED) is 0.888. The molecule has 112 valence electrons. The van der Waals surface area contributed by atoms with Crippen LogP contribution in [0.1, 0.15) is 26.2 Å². The van der Waals surface area contributed by atoms with Gasteiger partial charge in [0.15, 0.2) is 0 Å². The summed E-state index contributed by atoms with van der Waals surface area (Å²) in [4.78, 5) is 11.5. The third-order valence-electron chi connectivity index (χ3n) is 2.83. The van der Waals surface area contributed by atoms with Gasteiger partial charge in [0.1, 0.15) is 5.82 Å². The highest BCUT2D eigenvalue weighted by atomic mass is 19.1. The summed E-state index contributed by atoms with van der Waals surface area (Å²) in [7, 11) is 0. The molecule has 1 N–H and O–H groups in total. The molecule has 1 aromatic heterocycles. The summed E-state index contributed by atoms with van der Waals surface area (Å²) in [6.45, 7) is 4.39. The number of amides is 1. The van der Waals surface area contributed by atoms with E-state index in [1.807, 2.05) is 13.8 Å². The van der Waals surface area contributed by atoms with Crippen LogP contribution in [0.2, 0.25) is 0 Å². The molecule has 0 radical (unpaired) electrons. The predicted molar refractivity (Wildman–Crippen MR) is 75.9 cm³/mol. The van der Waals surface area contributed by atoms with Crippen LogP contribution in [0.15, 0.2) is 28.7 Å². The fraction of sp³-hybridized carbons (Fsp3) is 0.400. The molecule has 6 heteroatoms. The van der Waals surface area contributed by atoms with E-state index >= 15 is 0 Å². The zero-order valence-corrected chi connectivity index (χ0v) is 12.1. The van der Waals surface area contributed by atoms with Gasteiger partial charge in [-0.3, -0.25) is 4.79 Å². The second-order valence-electron chi connectivity index (χ2n) is 5.18. The third kappa shape index (κ3) is 4.37. The van der Waals surface area contributed by atoms with Gasteiger partial charge >= 0.3 is 0 Å². The number of carbonyl (C=O) groups excluding carboxylic acids is 1. The molecular formula is C15H18FN3O2. The Bertz CT molecular complexity index is 610. The predicted octanol–water partition coefficient (Wildman–Crippen LogP) is 2.58. The Morgan fingerprint density at radius 2 is 2.10 bits per heavy atom. The number of halogens is 1. The lowest BCUT2D eigenvalue weighted by molar-refractivity contribution is -0.121. The number of aromatic nitrogens is 2. The molecule has 0 saturated carbocycles. The highest BCUT2D eigenvalue weighted by Crippen LogP contribution is 2.20. The average Bonchev–Trinajstić information content (AvgIpc) is 2.87. The molecule has 0 atom stereocenters. The smallest absolute Gasteiger partial charge is 0.250 e. The van der Waals surface area contributed by atoms with Crippen molar-refractivity contribution < 1.29 is 13.6 Å². The maximum atomic E-state index is 13.6. The highest BCUT2D eigenvalue weighted by molar-refractivity contribution is 5.76. The first-order valence-corrected chi connectivity index (χ1v) is 6.90. The molecule has 1 aromatic carbocycles. The molecular weight excluding hydrogens is 273 g/mol. The van der Waals surface area contributed by atoms with Crippen LogP contribution >= 0.6 is 0 Å².